The van der Waals surface area contributed by atoms with Crippen LogP contribution >= 0.6 is 0 Å². The van der Waals surface area contributed by atoms with Crippen LogP contribution in [-0.2, 0) is 23.7 Å². The van der Waals surface area contributed by atoms with Crippen LogP contribution in [0.3, 0.4) is 0 Å². The number of benzene rings is 1. The van der Waals surface area contributed by atoms with Gasteiger partial charge in [0, 0.05) is 12.6 Å². The van der Waals surface area contributed by atoms with E-state index in [1.165, 1.54) is 13.0 Å². The van der Waals surface area contributed by atoms with E-state index >= 15 is 0 Å². The smallest absolute Gasteiger partial charge is 0.603 e. The van der Waals surface area contributed by atoms with E-state index < -0.39 is 48.5 Å². The zero-order valence-corrected chi connectivity index (χ0v) is 23.3. The van der Waals surface area contributed by atoms with Gasteiger partial charge in [0.1, 0.15) is 11.7 Å². The Labute approximate surface area is 233 Å². The van der Waals surface area contributed by atoms with Crippen LogP contribution in [0.5, 0.6) is 0 Å². The Morgan fingerprint density at radius 3 is 2.17 bits per heavy atom. The summed E-state index contributed by atoms with van der Waals surface area (Å²) in [6.07, 6.45) is -0.598. The molecule has 3 N–H and O–H groups in total. The van der Waals surface area contributed by atoms with E-state index in [1.54, 1.807) is 12.1 Å². The van der Waals surface area contributed by atoms with E-state index in [2.05, 4.69) is 15.6 Å². The van der Waals surface area contributed by atoms with Crippen LogP contribution < -0.4 is 10.6 Å². The van der Waals surface area contributed by atoms with Crippen LogP contribution in [-0.4, -0.2) is 83.1 Å². The molecule has 0 radical (unpaired) electrons. The number of aliphatic hydroxyl groups excluding tert-OH is 1. The largest absolute Gasteiger partial charge is 0.604 e. The third-order valence-electron chi connectivity index (χ3n) is 7.79. The number of pyridine rings is 1. The molecule has 1 aromatic heterocycles. The van der Waals surface area contributed by atoms with Gasteiger partial charge in [0.05, 0.1) is 43.7 Å². The van der Waals surface area contributed by atoms with E-state index in [0.717, 1.165) is 5.56 Å². The molecule has 3 heterocycles. The standard InChI is InChI=1S/C28H37BN4O7/c1-18(2)17-23(29-33(4,15-13-24(35)39-29)16-14-25(36)40-29)31-28(38)26(19(3)34)32-27(37)22-12-8-11-21(30-22)20-9-6-5-7-10-20/h5-12,18-19,23,26,34H,13-17H2,1-4H3,(H,31,38)(H,32,37)/t19-,23+,26+,29?,33?/m1/s1. The van der Waals surface area contributed by atoms with Crippen molar-refractivity contribution < 1.29 is 38.0 Å². The Bertz CT molecular complexity index is 1250. The molecule has 4 rings (SSSR count). The summed E-state index contributed by atoms with van der Waals surface area (Å²) in [7, 11) is 1.86. The van der Waals surface area contributed by atoms with Crippen molar-refractivity contribution in [3.63, 3.8) is 0 Å². The quantitative estimate of drug-likeness (QED) is 0.398. The second-order valence-corrected chi connectivity index (χ2v) is 11.3. The lowest BCUT2D eigenvalue weighted by molar-refractivity contribution is -0.835. The first-order valence-corrected chi connectivity index (χ1v) is 13.7. The number of rotatable bonds is 9. The maximum Gasteiger partial charge on any atom is 0.604 e. The van der Waals surface area contributed by atoms with Crippen LogP contribution in [0.25, 0.3) is 11.3 Å². The van der Waals surface area contributed by atoms with Crippen molar-refractivity contribution in [2.45, 2.75) is 58.1 Å². The summed E-state index contributed by atoms with van der Waals surface area (Å²) in [5.74, 6) is -3.18. The number of nitrogens with zero attached hydrogens (tertiary/aromatic N) is 2. The molecule has 3 atom stereocenters. The van der Waals surface area contributed by atoms with Gasteiger partial charge in [-0.1, -0.05) is 50.2 Å². The molecule has 0 spiro atoms. The minimum atomic E-state index is -2.65. The van der Waals surface area contributed by atoms with Crippen LogP contribution in [0, 0.1) is 5.92 Å². The summed E-state index contributed by atoms with van der Waals surface area (Å²) >= 11 is 0. The third kappa shape index (κ3) is 6.02. The number of aliphatic hydroxyl groups is 1. The second kappa shape index (κ2) is 11.8. The number of carbonyl (C=O) groups excluding carboxylic acids is 4. The molecule has 0 aliphatic carbocycles. The fourth-order valence-electron chi connectivity index (χ4n) is 5.60. The van der Waals surface area contributed by atoms with E-state index in [0.29, 0.717) is 25.2 Å². The lowest BCUT2D eigenvalue weighted by Crippen LogP contribution is -2.83. The first-order valence-electron chi connectivity index (χ1n) is 13.7. The van der Waals surface area contributed by atoms with Crippen molar-refractivity contribution in [2.75, 3.05) is 20.1 Å². The van der Waals surface area contributed by atoms with Crippen molar-refractivity contribution in [2.24, 2.45) is 5.92 Å². The SMILES string of the molecule is CC(C)C[C@H](NC(=O)[C@@H](NC(=O)c1cccc(-c2ccccc2)n1)[C@@H](C)O)[B-]12OC(=O)CC[N+]1(C)CCC(=O)O2. The van der Waals surface area contributed by atoms with Crippen LogP contribution in [0.1, 0.15) is 50.5 Å². The maximum atomic E-state index is 13.6. The van der Waals surface area contributed by atoms with E-state index in [-0.39, 0.29) is 28.8 Å². The van der Waals surface area contributed by atoms with Gasteiger partial charge in [0.2, 0.25) is 5.91 Å². The first-order chi connectivity index (χ1) is 18.9. The minimum Gasteiger partial charge on any atom is -0.603 e. The molecule has 0 saturated carbocycles. The highest BCUT2D eigenvalue weighted by molar-refractivity contribution is 6.66. The average Bonchev–Trinajstić information content (AvgIpc) is 2.92. The zero-order valence-electron chi connectivity index (χ0n) is 23.3. The number of hydrogen-bond acceptors (Lipinski definition) is 8. The van der Waals surface area contributed by atoms with Gasteiger partial charge >= 0.3 is 6.69 Å². The molecule has 214 valence electrons. The topological polar surface area (TPSA) is 144 Å². The van der Waals surface area contributed by atoms with E-state index in [4.69, 9.17) is 9.31 Å². The summed E-state index contributed by atoms with van der Waals surface area (Å²) in [6.45, 7) is 3.41. The van der Waals surface area contributed by atoms with Gasteiger partial charge in [-0.05, 0) is 31.4 Å². The van der Waals surface area contributed by atoms with Crippen LogP contribution in [0.4, 0.5) is 0 Å². The summed E-state index contributed by atoms with van der Waals surface area (Å²) in [6, 6.07) is 13.0. The van der Waals surface area contributed by atoms with Crippen molar-refractivity contribution in [3.05, 3.63) is 54.2 Å². The number of quaternary nitrogens is 1. The number of fused-ring (bicyclic) bond motifs is 1. The number of amides is 2. The average molecular weight is 552 g/mol. The van der Waals surface area contributed by atoms with Gasteiger partial charge in [-0.2, -0.15) is 0 Å². The summed E-state index contributed by atoms with van der Waals surface area (Å²) < 4.78 is 11.8. The molecular weight excluding hydrogens is 515 g/mol. The minimum absolute atomic E-state index is 0.0285. The summed E-state index contributed by atoms with van der Waals surface area (Å²) in [5.41, 5.74) is 1.48. The van der Waals surface area contributed by atoms with E-state index in [9.17, 15) is 24.3 Å². The van der Waals surface area contributed by atoms with Crippen LogP contribution in [0.2, 0.25) is 0 Å². The third-order valence-corrected chi connectivity index (χ3v) is 7.79. The van der Waals surface area contributed by atoms with Gasteiger partial charge < -0.3 is 29.4 Å². The predicted molar refractivity (Wildman–Crippen MR) is 147 cm³/mol. The Kier molecular flexibility index (Phi) is 8.60. The van der Waals surface area contributed by atoms with Crippen molar-refractivity contribution >= 4 is 30.4 Å². The lowest BCUT2D eigenvalue weighted by atomic mass is 9.54. The highest BCUT2D eigenvalue weighted by Gasteiger charge is 2.64. The fraction of sp³-hybridized carbons (Fsp3) is 0.464. The first kappa shape index (κ1) is 29.2. The predicted octanol–water partition coefficient (Wildman–Crippen LogP) is 1.58. The number of carbonyl (C=O) groups is 4. The normalized spacial score (nSPS) is 24.6. The van der Waals surface area contributed by atoms with Gasteiger partial charge in [-0.25, -0.2) is 4.98 Å². The van der Waals surface area contributed by atoms with Gasteiger partial charge in [-0.3, -0.25) is 19.2 Å². The zero-order chi connectivity index (χ0) is 29.1. The molecule has 12 heteroatoms. The lowest BCUT2D eigenvalue weighted by Gasteiger charge is -2.62. The van der Waals surface area contributed by atoms with E-state index in [1.807, 2.05) is 51.2 Å². The van der Waals surface area contributed by atoms with Gasteiger partial charge in [0.15, 0.2) is 0 Å². The molecule has 1 aromatic carbocycles. The highest BCUT2D eigenvalue weighted by Crippen LogP contribution is 2.36. The summed E-state index contributed by atoms with van der Waals surface area (Å²) in [5, 5.41) is 16.0. The van der Waals surface area contributed by atoms with Crippen molar-refractivity contribution in [3.8, 4) is 11.3 Å². The number of aromatic nitrogens is 1. The maximum absolute atomic E-state index is 13.6. The molecule has 0 unspecified atom stereocenters. The van der Waals surface area contributed by atoms with Crippen LogP contribution in [0.15, 0.2) is 48.5 Å². The molecule has 2 aliphatic heterocycles. The molecule has 40 heavy (non-hydrogen) atoms. The Morgan fingerprint density at radius 1 is 0.975 bits per heavy atom. The molecule has 0 bridgehead atoms. The highest BCUT2D eigenvalue weighted by atomic mass is 16.7. The summed E-state index contributed by atoms with van der Waals surface area (Å²) in [4.78, 5) is 56.2. The monoisotopic (exact) mass is 552 g/mol. The number of hydrogen-bond donors (Lipinski definition) is 3. The van der Waals surface area contributed by atoms with Gasteiger partial charge in [0.25, 0.3) is 17.8 Å². The molecule has 2 saturated heterocycles. The Morgan fingerprint density at radius 2 is 1.60 bits per heavy atom. The Hall–Kier alpha value is -3.77. The molecule has 2 amide bonds. The fourth-order valence-corrected chi connectivity index (χ4v) is 5.60. The van der Waals surface area contributed by atoms with Crippen molar-refractivity contribution in [1.82, 2.24) is 15.6 Å². The molecule has 11 nitrogen and oxygen atoms in total. The van der Waals surface area contributed by atoms with Gasteiger partial charge in [-0.15, -0.1) is 0 Å². The molecule has 2 aliphatic rings. The Balaban J connectivity index is 1.59. The second-order valence-electron chi connectivity index (χ2n) is 11.3. The molecule has 2 fully saturated rings. The molecular formula is C28H37BN4O7. The molecule has 2 aromatic rings. The number of nitrogens with one attached hydrogen (secondary N) is 2. The van der Waals surface area contributed by atoms with Crippen molar-refractivity contribution in [1.29, 1.82) is 0 Å².